The highest BCUT2D eigenvalue weighted by Crippen LogP contribution is 2.90. The quantitative estimate of drug-likeness (QED) is 0.559. The van der Waals surface area contributed by atoms with Crippen LogP contribution >= 0.6 is 0 Å². The van der Waals surface area contributed by atoms with Crippen LogP contribution < -0.4 is 0 Å². The fraction of sp³-hybridized carbons (Fsp3) is 0.625. The highest BCUT2D eigenvalue weighted by molar-refractivity contribution is 5.95. The van der Waals surface area contributed by atoms with Crippen molar-refractivity contribution >= 4 is 11.9 Å². The Morgan fingerprint density at radius 3 is 1.30 bits per heavy atom. The molecule has 0 amide bonds. The molecule has 8 bridgehead atoms. The number of allylic oxidation sites excluding steroid dienone is 4. The molecule has 0 N–H and O–H groups in total. The third-order valence-corrected chi connectivity index (χ3v) is 6.99. The molecular formula is C16H16O4. The standard InChI is InChI=1S/C16H16O4/c1-19-13(17)15-7-3-5-9-11(7)12-8(15)4-6-10(12)16(9,15)14(18)20-2/h3-12H,1-2H3/t7-,8-,9-,10+,11?,12?,15?,16?/m0/s1. The summed E-state index contributed by atoms with van der Waals surface area (Å²) in [6.07, 6.45) is 8.59. The molecule has 0 spiro atoms. The van der Waals surface area contributed by atoms with E-state index in [1.54, 1.807) is 0 Å². The molecule has 8 atom stereocenters. The smallest absolute Gasteiger partial charge is 0.314 e. The highest BCUT2D eigenvalue weighted by atomic mass is 16.5. The number of hydrogen-bond donors (Lipinski definition) is 0. The highest BCUT2D eigenvalue weighted by Gasteiger charge is 2.94. The van der Waals surface area contributed by atoms with Crippen LogP contribution in [0.4, 0.5) is 0 Å². The first kappa shape index (κ1) is 11.1. The molecule has 0 aromatic heterocycles. The molecule has 0 aromatic rings. The van der Waals surface area contributed by atoms with E-state index in [1.807, 2.05) is 0 Å². The molecule has 0 aromatic carbocycles. The molecule has 4 unspecified atom stereocenters. The minimum Gasteiger partial charge on any atom is -0.469 e. The average molecular weight is 272 g/mol. The fourth-order valence-electron chi connectivity index (χ4n) is 6.99. The Labute approximate surface area is 116 Å². The van der Waals surface area contributed by atoms with Gasteiger partial charge in [-0.05, 0) is 35.5 Å². The van der Waals surface area contributed by atoms with Crippen molar-refractivity contribution in [3.05, 3.63) is 24.3 Å². The van der Waals surface area contributed by atoms with Crippen molar-refractivity contribution in [3.63, 3.8) is 0 Å². The second-order valence-corrected chi connectivity index (χ2v) is 6.75. The van der Waals surface area contributed by atoms with Gasteiger partial charge in [0.1, 0.15) is 0 Å². The van der Waals surface area contributed by atoms with Crippen molar-refractivity contribution in [2.24, 2.45) is 46.3 Å². The first-order chi connectivity index (χ1) is 9.67. The Hall–Kier alpha value is -1.58. The average Bonchev–Trinajstić information content (AvgIpc) is 3.23. The van der Waals surface area contributed by atoms with Crippen LogP contribution in [0.25, 0.3) is 0 Å². The zero-order valence-electron chi connectivity index (χ0n) is 11.4. The van der Waals surface area contributed by atoms with Crippen LogP contribution in [0, 0.1) is 46.3 Å². The van der Waals surface area contributed by atoms with Crippen molar-refractivity contribution < 1.29 is 19.1 Å². The summed E-state index contributed by atoms with van der Waals surface area (Å²) >= 11 is 0. The predicted molar refractivity (Wildman–Crippen MR) is 68.1 cm³/mol. The van der Waals surface area contributed by atoms with Crippen LogP contribution in [0.1, 0.15) is 0 Å². The van der Waals surface area contributed by atoms with Crippen LogP contribution in [0.3, 0.4) is 0 Å². The molecule has 0 aliphatic heterocycles. The van der Waals surface area contributed by atoms with Crippen LogP contribution in [-0.4, -0.2) is 26.2 Å². The molecule has 104 valence electrons. The van der Waals surface area contributed by atoms with E-state index in [0.29, 0.717) is 11.8 Å². The van der Waals surface area contributed by atoms with E-state index in [-0.39, 0.29) is 35.6 Å². The summed E-state index contributed by atoms with van der Waals surface area (Å²) < 4.78 is 10.3. The van der Waals surface area contributed by atoms with Crippen LogP contribution in [-0.2, 0) is 19.1 Å². The van der Waals surface area contributed by atoms with Crippen molar-refractivity contribution in [1.82, 2.24) is 0 Å². The van der Waals surface area contributed by atoms with Crippen LogP contribution in [0.5, 0.6) is 0 Å². The van der Waals surface area contributed by atoms with Crippen molar-refractivity contribution in [2.45, 2.75) is 0 Å². The first-order valence-electron chi connectivity index (χ1n) is 7.20. The van der Waals surface area contributed by atoms with Crippen molar-refractivity contribution in [3.8, 4) is 0 Å². The Balaban J connectivity index is 1.86. The number of ether oxygens (including phenoxy) is 2. The molecule has 6 aliphatic carbocycles. The lowest BCUT2D eigenvalue weighted by molar-refractivity contribution is -0.182. The van der Waals surface area contributed by atoms with Gasteiger partial charge < -0.3 is 9.47 Å². The summed E-state index contributed by atoms with van der Waals surface area (Å²) in [5.74, 6) is 0.987. The number of hydrogen-bond acceptors (Lipinski definition) is 4. The Kier molecular flexibility index (Phi) is 1.60. The lowest BCUT2D eigenvalue weighted by atomic mass is 9.53. The van der Waals surface area contributed by atoms with E-state index in [4.69, 9.17) is 9.47 Å². The Bertz CT molecular complexity index is 534. The van der Waals surface area contributed by atoms with Crippen molar-refractivity contribution in [2.75, 3.05) is 14.2 Å². The van der Waals surface area contributed by atoms with E-state index >= 15 is 0 Å². The molecule has 4 heteroatoms. The summed E-state index contributed by atoms with van der Waals surface area (Å²) in [6.45, 7) is 0. The minimum atomic E-state index is -0.705. The lowest BCUT2D eigenvalue weighted by Gasteiger charge is -2.48. The zero-order valence-corrected chi connectivity index (χ0v) is 11.4. The van der Waals surface area contributed by atoms with Gasteiger partial charge in [0.15, 0.2) is 0 Å². The Morgan fingerprint density at radius 1 is 0.750 bits per heavy atom. The molecule has 6 aliphatic rings. The van der Waals surface area contributed by atoms with E-state index in [0.717, 1.165) is 0 Å². The summed E-state index contributed by atoms with van der Waals surface area (Å²) in [5, 5.41) is 0. The molecule has 20 heavy (non-hydrogen) atoms. The van der Waals surface area contributed by atoms with E-state index < -0.39 is 10.8 Å². The first-order valence-corrected chi connectivity index (χ1v) is 7.20. The number of rotatable bonds is 2. The van der Waals surface area contributed by atoms with Crippen LogP contribution in [0.15, 0.2) is 24.3 Å². The third-order valence-electron chi connectivity index (χ3n) is 6.99. The maximum Gasteiger partial charge on any atom is 0.314 e. The molecule has 6 rings (SSSR count). The van der Waals surface area contributed by atoms with Gasteiger partial charge in [-0.25, -0.2) is 0 Å². The Morgan fingerprint density at radius 2 is 1.05 bits per heavy atom. The number of esters is 2. The van der Waals surface area contributed by atoms with Gasteiger partial charge in [-0.15, -0.1) is 0 Å². The second-order valence-electron chi connectivity index (χ2n) is 6.75. The molecule has 0 radical (unpaired) electrons. The van der Waals surface area contributed by atoms with Gasteiger partial charge >= 0.3 is 11.9 Å². The molecule has 0 heterocycles. The lowest BCUT2D eigenvalue weighted by Crippen LogP contribution is -2.58. The van der Waals surface area contributed by atoms with Gasteiger partial charge in [0.2, 0.25) is 0 Å². The number of carbonyl (C=O) groups excluding carboxylic acids is 2. The predicted octanol–water partition coefficient (Wildman–Crippen LogP) is 1.18. The van der Waals surface area contributed by atoms with E-state index in [2.05, 4.69) is 24.3 Å². The molecule has 4 saturated carbocycles. The summed E-state index contributed by atoms with van der Waals surface area (Å²) in [5.41, 5.74) is -1.41. The van der Waals surface area contributed by atoms with Gasteiger partial charge in [-0.1, -0.05) is 24.3 Å². The molecular weight excluding hydrogens is 256 g/mol. The van der Waals surface area contributed by atoms with Gasteiger partial charge in [-0.2, -0.15) is 0 Å². The van der Waals surface area contributed by atoms with Gasteiger partial charge in [0, 0.05) is 0 Å². The third kappa shape index (κ3) is 0.651. The van der Waals surface area contributed by atoms with Gasteiger partial charge in [-0.3, -0.25) is 9.59 Å². The maximum atomic E-state index is 12.7. The largest absolute Gasteiger partial charge is 0.469 e. The van der Waals surface area contributed by atoms with Crippen molar-refractivity contribution in [1.29, 1.82) is 0 Å². The second kappa shape index (κ2) is 2.87. The zero-order chi connectivity index (χ0) is 13.9. The normalized spacial score (nSPS) is 57.9. The topological polar surface area (TPSA) is 52.6 Å². The maximum absolute atomic E-state index is 12.7. The summed E-state index contributed by atoms with van der Waals surface area (Å²) in [6, 6.07) is 0. The molecule has 4 fully saturated rings. The van der Waals surface area contributed by atoms with E-state index in [9.17, 15) is 9.59 Å². The number of methoxy groups -OCH3 is 2. The summed E-state index contributed by atoms with van der Waals surface area (Å²) in [7, 11) is 2.86. The monoisotopic (exact) mass is 272 g/mol. The minimum absolute atomic E-state index is 0.148. The van der Waals surface area contributed by atoms with Gasteiger partial charge in [0.05, 0.1) is 25.0 Å². The molecule has 4 nitrogen and oxygen atoms in total. The number of carbonyl (C=O) groups is 2. The fourth-order valence-corrected chi connectivity index (χ4v) is 6.99. The summed E-state index contributed by atoms with van der Waals surface area (Å²) in [4.78, 5) is 25.5. The SMILES string of the molecule is COC(=O)C12[C@@H]3C=C[C@H]4C3C3[C@@H]1C=C[C@@H]3C42C(=O)OC. The molecule has 0 saturated heterocycles. The van der Waals surface area contributed by atoms with Gasteiger partial charge in [0.25, 0.3) is 0 Å². The van der Waals surface area contributed by atoms with Crippen LogP contribution in [0.2, 0.25) is 0 Å². The van der Waals surface area contributed by atoms with E-state index in [1.165, 1.54) is 14.2 Å².